The highest BCUT2D eigenvalue weighted by Gasteiger charge is 2.38. The zero-order chi connectivity index (χ0) is 18.5. The SMILES string of the molecule is CCc1ccc(CCOc2ccc(CC3SC(=O)N(O)C3=O)cc2)nc1. The van der Waals surface area contributed by atoms with Crippen molar-refractivity contribution in [1.82, 2.24) is 10.0 Å². The molecule has 1 aliphatic rings. The lowest BCUT2D eigenvalue weighted by molar-refractivity contribution is -0.148. The molecule has 2 heterocycles. The molecule has 0 spiro atoms. The number of benzene rings is 1. The molecule has 0 aliphatic carbocycles. The summed E-state index contributed by atoms with van der Waals surface area (Å²) in [5, 5.41) is 8.26. The maximum atomic E-state index is 11.7. The highest BCUT2D eigenvalue weighted by molar-refractivity contribution is 8.15. The zero-order valence-corrected chi connectivity index (χ0v) is 15.2. The Hall–Kier alpha value is -2.38. The van der Waals surface area contributed by atoms with E-state index in [1.165, 1.54) is 5.56 Å². The Labute approximate surface area is 156 Å². The Morgan fingerprint density at radius 3 is 2.46 bits per heavy atom. The van der Waals surface area contributed by atoms with Crippen molar-refractivity contribution in [3.8, 4) is 5.75 Å². The smallest absolute Gasteiger partial charge is 0.313 e. The van der Waals surface area contributed by atoms with Crippen LogP contribution >= 0.6 is 11.8 Å². The second-order valence-corrected chi connectivity index (χ2v) is 7.13. The normalized spacial score (nSPS) is 17.0. The zero-order valence-electron chi connectivity index (χ0n) is 14.4. The molecule has 1 aliphatic heterocycles. The first-order valence-corrected chi connectivity index (χ1v) is 9.33. The number of hydroxylamine groups is 2. The van der Waals surface area contributed by atoms with E-state index >= 15 is 0 Å². The van der Waals surface area contributed by atoms with Crippen LogP contribution in [0.4, 0.5) is 4.79 Å². The molecule has 26 heavy (non-hydrogen) atoms. The fraction of sp³-hybridized carbons (Fsp3) is 0.316. The first kappa shape index (κ1) is 18.4. The van der Waals surface area contributed by atoms with Crippen molar-refractivity contribution in [2.45, 2.75) is 31.4 Å². The van der Waals surface area contributed by atoms with Gasteiger partial charge in [-0.25, -0.2) is 0 Å². The molecule has 1 aromatic heterocycles. The van der Waals surface area contributed by atoms with Gasteiger partial charge in [-0.15, -0.1) is 5.06 Å². The largest absolute Gasteiger partial charge is 0.493 e. The van der Waals surface area contributed by atoms with Crippen LogP contribution in [-0.4, -0.2) is 38.3 Å². The molecule has 1 fully saturated rings. The Balaban J connectivity index is 1.48. The van der Waals surface area contributed by atoms with Crippen molar-refractivity contribution in [3.05, 3.63) is 59.4 Å². The minimum absolute atomic E-state index is 0.188. The van der Waals surface area contributed by atoms with Crippen molar-refractivity contribution in [1.29, 1.82) is 0 Å². The number of carbonyl (C=O) groups is 2. The number of imide groups is 1. The van der Waals surface area contributed by atoms with Gasteiger partial charge in [0.1, 0.15) is 5.75 Å². The van der Waals surface area contributed by atoms with Gasteiger partial charge in [-0.2, -0.15) is 0 Å². The molecule has 1 atom stereocenters. The van der Waals surface area contributed by atoms with Crippen molar-refractivity contribution < 1.29 is 19.5 Å². The van der Waals surface area contributed by atoms with Crippen LogP contribution in [0.5, 0.6) is 5.75 Å². The number of aromatic nitrogens is 1. The van der Waals surface area contributed by atoms with Crippen LogP contribution in [0.1, 0.15) is 23.7 Å². The van der Waals surface area contributed by atoms with Crippen LogP contribution < -0.4 is 4.74 Å². The molecule has 1 saturated heterocycles. The third-order valence-corrected chi connectivity index (χ3v) is 5.19. The number of hydrogen-bond donors (Lipinski definition) is 1. The molecule has 7 heteroatoms. The molecule has 1 unspecified atom stereocenters. The summed E-state index contributed by atoms with van der Waals surface area (Å²) in [4.78, 5) is 27.4. The number of carbonyl (C=O) groups excluding carboxylic acids is 2. The highest BCUT2D eigenvalue weighted by atomic mass is 32.2. The van der Waals surface area contributed by atoms with Gasteiger partial charge in [0.2, 0.25) is 0 Å². The summed E-state index contributed by atoms with van der Waals surface area (Å²) < 4.78 is 5.73. The Kier molecular flexibility index (Phi) is 5.90. The van der Waals surface area contributed by atoms with E-state index in [-0.39, 0.29) is 5.06 Å². The van der Waals surface area contributed by atoms with Gasteiger partial charge in [0.25, 0.3) is 5.91 Å². The predicted octanol–water partition coefficient (Wildman–Crippen LogP) is 3.26. The van der Waals surface area contributed by atoms with Gasteiger partial charge in [-0.1, -0.05) is 25.1 Å². The monoisotopic (exact) mass is 372 g/mol. The van der Waals surface area contributed by atoms with Crippen LogP contribution in [-0.2, 0) is 24.1 Å². The van der Waals surface area contributed by atoms with Crippen molar-refractivity contribution in [3.63, 3.8) is 0 Å². The topological polar surface area (TPSA) is 79.7 Å². The van der Waals surface area contributed by atoms with E-state index in [4.69, 9.17) is 4.74 Å². The van der Waals surface area contributed by atoms with E-state index in [1.54, 1.807) is 0 Å². The molecule has 6 nitrogen and oxygen atoms in total. The first-order chi connectivity index (χ1) is 12.6. The van der Waals surface area contributed by atoms with Crippen LogP contribution in [0, 0.1) is 0 Å². The van der Waals surface area contributed by atoms with E-state index in [0.717, 1.165) is 41.6 Å². The third kappa shape index (κ3) is 4.42. The van der Waals surface area contributed by atoms with Crippen LogP contribution in [0.2, 0.25) is 0 Å². The number of hydrogen-bond acceptors (Lipinski definition) is 6. The van der Waals surface area contributed by atoms with Gasteiger partial charge in [-0.05, 0) is 53.9 Å². The number of thioether (sulfide) groups is 1. The molecule has 2 amide bonds. The van der Waals surface area contributed by atoms with Crippen molar-refractivity contribution >= 4 is 22.9 Å². The summed E-state index contributed by atoms with van der Waals surface area (Å²) in [5.74, 6) is 0.172. The fourth-order valence-electron chi connectivity index (χ4n) is 2.60. The van der Waals surface area contributed by atoms with Crippen LogP contribution in [0.3, 0.4) is 0 Å². The highest BCUT2D eigenvalue weighted by Crippen LogP contribution is 2.28. The Morgan fingerprint density at radius 2 is 1.88 bits per heavy atom. The van der Waals surface area contributed by atoms with Gasteiger partial charge in [0.15, 0.2) is 0 Å². The van der Waals surface area contributed by atoms with E-state index < -0.39 is 16.4 Å². The molecule has 3 rings (SSSR count). The Bertz CT molecular complexity index is 777. The number of amides is 2. The van der Waals surface area contributed by atoms with Crippen molar-refractivity contribution in [2.24, 2.45) is 0 Å². The Morgan fingerprint density at radius 1 is 1.15 bits per heavy atom. The summed E-state index contributed by atoms with van der Waals surface area (Å²) in [6.45, 7) is 2.63. The number of pyridine rings is 1. The van der Waals surface area contributed by atoms with Crippen LogP contribution in [0.15, 0.2) is 42.6 Å². The molecule has 1 N–H and O–H groups in total. The summed E-state index contributed by atoms with van der Waals surface area (Å²) >= 11 is 0.844. The van der Waals surface area contributed by atoms with Gasteiger partial charge >= 0.3 is 5.24 Å². The fourth-order valence-corrected chi connectivity index (χ4v) is 3.51. The number of aryl methyl sites for hydroxylation is 1. The van der Waals surface area contributed by atoms with E-state index in [0.29, 0.717) is 13.0 Å². The molecule has 0 radical (unpaired) electrons. The van der Waals surface area contributed by atoms with E-state index in [2.05, 4.69) is 18.0 Å². The minimum atomic E-state index is -0.625. The molecule has 2 aromatic rings. The summed E-state index contributed by atoms with van der Waals surface area (Å²) in [5.41, 5.74) is 3.12. The summed E-state index contributed by atoms with van der Waals surface area (Å²) in [7, 11) is 0. The van der Waals surface area contributed by atoms with Gasteiger partial charge < -0.3 is 4.74 Å². The average molecular weight is 372 g/mol. The maximum Gasteiger partial charge on any atom is 0.313 e. The lowest BCUT2D eigenvalue weighted by Crippen LogP contribution is -2.28. The summed E-state index contributed by atoms with van der Waals surface area (Å²) in [6, 6.07) is 11.5. The molecule has 136 valence electrons. The quantitative estimate of drug-likeness (QED) is 0.752. The lowest BCUT2D eigenvalue weighted by Gasteiger charge is -2.09. The molecule has 1 aromatic carbocycles. The number of nitrogens with zero attached hydrogens (tertiary/aromatic N) is 2. The molecule has 0 bridgehead atoms. The standard InChI is InChI=1S/C19H20N2O4S/c1-2-13-3-6-15(20-12-13)9-10-25-16-7-4-14(5-8-16)11-17-18(22)21(24)19(23)26-17/h3-8,12,17,24H,2,9-11H2,1H3. The van der Waals surface area contributed by atoms with Gasteiger partial charge in [-0.3, -0.25) is 19.8 Å². The second-order valence-electron chi connectivity index (χ2n) is 5.98. The number of rotatable bonds is 7. The molecular formula is C19H20N2O4S. The first-order valence-electron chi connectivity index (χ1n) is 8.46. The number of ether oxygens (including phenoxy) is 1. The van der Waals surface area contributed by atoms with Crippen LogP contribution in [0.25, 0.3) is 0 Å². The second kappa shape index (κ2) is 8.33. The minimum Gasteiger partial charge on any atom is -0.493 e. The molecule has 0 saturated carbocycles. The average Bonchev–Trinajstić information content (AvgIpc) is 2.90. The van der Waals surface area contributed by atoms with Crippen molar-refractivity contribution in [2.75, 3.05) is 6.61 Å². The van der Waals surface area contributed by atoms with Gasteiger partial charge in [0.05, 0.1) is 11.9 Å². The molecular weight excluding hydrogens is 352 g/mol. The lowest BCUT2D eigenvalue weighted by atomic mass is 10.1. The predicted molar refractivity (Wildman–Crippen MR) is 98.4 cm³/mol. The van der Waals surface area contributed by atoms with Gasteiger partial charge in [0, 0.05) is 18.3 Å². The van der Waals surface area contributed by atoms with E-state index in [1.807, 2.05) is 36.5 Å². The third-order valence-electron chi connectivity index (χ3n) is 4.17. The van der Waals surface area contributed by atoms with E-state index in [9.17, 15) is 14.8 Å². The summed E-state index contributed by atoms with van der Waals surface area (Å²) in [6.07, 6.45) is 3.99. The maximum absolute atomic E-state index is 11.7.